The molecule has 0 spiro atoms. The van der Waals surface area contributed by atoms with Crippen LogP contribution < -0.4 is 0 Å². The number of carboxylic acids is 1. The lowest BCUT2D eigenvalue weighted by Crippen LogP contribution is -1.93. The Morgan fingerprint density at radius 2 is 1.35 bits per heavy atom. The highest BCUT2D eigenvalue weighted by molar-refractivity contribution is 5.66. The molecule has 0 radical (unpaired) electrons. The molecule has 2 nitrogen and oxygen atoms in total. The SMILES string of the molecule is CC\C=C/C=C\C=C\C=C\CCCCCCCC(=O)O. The monoisotopic (exact) mass is 276 g/mol. The normalized spacial score (nSPS) is 12.4. The van der Waals surface area contributed by atoms with Gasteiger partial charge in [-0.05, 0) is 25.7 Å². The van der Waals surface area contributed by atoms with Crippen LogP contribution in [0.2, 0.25) is 0 Å². The Morgan fingerprint density at radius 3 is 2.00 bits per heavy atom. The van der Waals surface area contributed by atoms with E-state index in [0.717, 1.165) is 32.1 Å². The number of carboxylic acid groups (broad SMARTS) is 1. The minimum absolute atomic E-state index is 0.311. The molecule has 0 fully saturated rings. The Bertz CT molecular complexity index is 335. The molecule has 0 aromatic heterocycles. The molecule has 1 N–H and O–H groups in total. The molecule has 0 rings (SSSR count). The molecule has 0 aliphatic heterocycles. The van der Waals surface area contributed by atoms with Crippen molar-refractivity contribution in [2.45, 2.75) is 58.3 Å². The highest BCUT2D eigenvalue weighted by Gasteiger charge is 1.95. The van der Waals surface area contributed by atoms with E-state index in [1.165, 1.54) is 12.8 Å². The van der Waals surface area contributed by atoms with Crippen molar-refractivity contribution >= 4 is 5.97 Å². The fraction of sp³-hybridized carbons (Fsp3) is 0.500. The molecule has 0 saturated heterocycles. The molecule has 0 atom stereocenters. The largest absolute Gasteiger partial charge is 0.481 e. The van der Waals surface area contributed by atoms with E-state index in [-0.39, 0.29) is 0 Å². The van der Waals surface area contributed by atoms with Gasteiger partial charge in [-0.25, -0.2) is 0 Å². The van der Waals surface area contributed by atoms with Gasteiger partial charge in [-0.2, -0.15) is 0 Å². The van der Waals surface area contributed by atoms with Gasteiger partial charge in [-0.3, -0.25) is 4.79 Å². The van der Waals surface area contributed by atoms with Gasteiger partial charge in [0.2, 0.25) is 0 Å². The van der Waals surface area contributed by atoms with E-state index in [0.29, 0.717) is 6.42 Å². The van der Waals surface area contributed by atoms with E-state index in [2.05, 4.69) is 31.2 Å². The van der Waals surface area contributed by atoms with Gasteiger partial charge < -0.3 is 5.11 Å². The fourth-order valence-corrected chi connectivity index (χ4v) is 1.71. The summed E-state index contributed by atoms with van der Waals surface area (Å²) in [5, 5.41) is 8.49. The zero-order valence-electron chi connectivity index (χ0n) is 12.6. The number of aliphatic carboxylic acids is 1. The van der Waals surface area contributed by atoms with Crippen molar-refractivity contribution in [3.05, 3.63) is 48.6 Å². The quantitative estimate of drug-likeness (QED) is 0.381. The maximum Gasteiger partial charge on any atom is 0.303 e. The predicted octanol–water partition coefficient (Wildman–Crippen LogP) is 5.44. The predicted molar refractivity (Wildman–Crippen MR) is 86.8 cm³/mol. The summed E-state index contributed by atoms with van der Waals surface area (Å²) in [6.45, 7) is 2.12. The van der Waals surface area contributed by atoms with Crippen LogP contribution in [0.15, 0.2) is 48.6 Å². The third-order valence-corrected chi connectivity index (χ3v) is 2.82. The van der Waals surface area contributed by atoms with Crippen LogP contribution in [0.25, 0.3) is 0 Å². The number of allylic oxidation sites excluding steroid dienone is 8. The number of hydrogen-bond acceptors (Lipinski definition) is 1. The van der Waals surface area contributed by atoms with Crippen molar-refractivity contribution in [3.8, 4) is 0 Å². The summed E-state index contributed by atoms with van der Waals surface area (Å²) in [6, 6.07) is 0. The molecule has 0 aromatic rings. The molecule has 0 aromatic carbocycles. The first-order chi connectivity index (χ1) is 9.77. The molecular weight excluding hydrogens is 248 g/mol. The summed E-state index contributed by atoms with van der Waals surface area (Å²) in [5.74, 6) is -0.682. The van der Waals surface area contributed by atoms with Gasteiger partial charge in [-0.1, -0.05) is 74.8 Å². The fourth-order valence-electron chi connectivity index (χ4n) is 1.71. The number of hydrogen-bond donors (Lipinski definition) is 1. The molecule has 0 heterocycles. The van der Waals surface area contributed by atoms with Gasteiger partial charge in [0, 0.05) is 6.42 Å². The second kappa shape index (κ2) is 15.5. The van der Waals surface area contributed by atoms with Crippen molar-refractivity contribution in [2.24, 2.45) is 0 Å². The van der Waals surface area contributed by atoms with Crippen LogP contribution in [0.3, 0.4) is 0 Å². The van der Waals surface area contributed by atoms with Crippen molar-refractivity contribution in [2.75, 3.05) is 0 Å². The number of rotatable bonds is 12. The van der Waals surface area contributed by atoms with Gasteiger partial charge in [0.25, 0.3) is 0 Å². The molecule has 0 aliphatic rings. The van der Waals surface area contributed by atoms with Gasteiger partial charge in [0.15, 0.2) is 0 Å². The second-order valence-electron chi connectivity index (χ2n) is 4.73. The van der Waals surface area contributed by atoms with Crippen molar-refractivity contribution in [1.82, 2.24) is 0 Å². The standard InChI is InChI=1S/C18H28O2/c1-2-3-4-5-6-7-8-9-10-11-12-13-14-15-16-17-18(19)20/h3-10H,2,11-17H2,1H3,(H,19,20)/b4-3-,6-5-,8-7+,10-9+. The average Bonchev–Trinajstić information content (AvgIpc) is 2.43. The van der Waals surface area contributed by atoms with Crippen LogP contribution in [0.1, 0.15) is 58.3 Å². The summed E-state index contributed by atoms with van der Waals surface area (Å²) >= 11 is 0. The Labute approximate surface area is 123 Å². The summed E-state index contributed by atoms with van der Waals surface area (Å²) < 4.78 is 0. The molecule has 0 bridgehead atoms. The summed E-state index contributed by atoms with van der Waals surface area (Å²) in [5.41, 5.74) is 0. The molecule has 0 amide bonds. The van der Waals surface area contributed by atoms with Gasteiger partial charge in [0.05, 0.1) is 0 Å². The molecular formula is C18H28O2. The van der Waals surface area contributed by atoms with Crippen molar-refractivity contribution in [3.63, 3.8) is 0 Å². The maximum atomic E-state index is 10.3. The summed E-state index contributed by atoms with van der Waals surface area (Å²) in [7, 11) is 0. The Hall–Kier alpha value is -1.57. The number of unbranched alkanes of at least 4 members (excludes halogenated alkanes) is 5. The molecule has 112 valence electrons. The van der Waals surface area contributed by atoms with Crippen molar-refractivity contribution < 1.29 is 9.90 Å². The topological polar surface area (TPSA) is 37.3 Å². The van der Waals surface area contributed by atoms with E-state index >= 15 is 0 Å². The van der Waals surface area contributed by atoms with Crippen LogP contribution in [-0.4, -0.2) is 11.1 Å². The third kappa shape index (κ3) is 16.4. The smallest absolute Gasteiger partial charge is 0.303 e. The Balaban J connectivity index is 3.35. The Kier molecular flexibility index (Phi) is 14.3. The van der Waals surface area contributed by atoms with Gasteiger partial charge in [-0.15, -0.1) is 0 Å². The van der Waals surface area contributed by atoms with E-state index in [9.17, 15) is 4.79 Å². The van der Waals surface area contributed by atoms with E-state index in [4.69, 9.17) is 5.11 Å². The van der Waals surface area contributed by atoms with Crippen LogP contribution in [-0.2, 0) is 4.79 Å². The molecule has 2 heteroatoms. The molecule has 0 saturated carbocycles. The lowest BCUT2D eigenvalue weighted by atomic mass is 10.1. The molecule has 0 aliphatic carbocycles. The molecule has 20 heavy (non-hydrogen) atoms. The minimum Gasteiger partial charge on any atom is -0.481 e. The lowest BCUT2D eigenvalue weighted by Gasteiger charge is -1.97. The van der Waals surface area contributed by atoms with E-state index < -0.39 is 5.97 Å². The van der Waals surface area contributed by atoms with Crippen LogP contribution in [0, 0.1) is 0 Å². The van der Waals surface area contributed by atoms with Crippen LogP contribution in [0.4, 0.5) is 0 Å². The summed E-state index contributed by atoms with van der Waals surface area (Å²) in [6.07, 6.45) is 24.4. The minimum atomic E-state index is -0.682. The number of carbonyl (C=O) groups is 1. The Morgan fingerprint density at radius 1 is 0.800 bits per heavy atom. The highest BCUT2D eigenvalue weighted by Crippen LogP contribution is 2.07. The van der Waals surface area contributed by atoms with Crippen LogP contribution >= 0.6 is 0 Å². The first-order valence-corrected chi connectivity index (χ1v) is 7.64. The van der Waals surface area contributed by atoms with E-state index in [1.807, 2.05) is 24.3 Å². The van der Waals surface area contributed by atoms with Crippen molar-refractivity contribution in [1.29, 1.82) is 0 Å². The second-order valence-corrected chi connectivity index (χ2v) is 4.73. The third-order valence-electron chi connectivity index (χ3n) is 2.82. The zero-order chi connectivity index (χ0) is 14.9. The zero-order valence-corrected chi connectivity index (χ0v) is 12.6. The first-order valence-electron chi connectivity index (χ1n) is 7.64. The van der Waals surface area contributed by atoms with Crippen LogP contribution in [0.5, 0.6) is 0 Å². The average molecular weight is 276 g/mol. The highest BCUT2D eigenvalue weighted by atomic mass is 16.4. The van der Waals surface area contributed by atoms with Gasteiger partial charge >= 0.3 is 5.97 Å². The lowest BCUT2D eigenvalue weighted by molar-refractivity contribution is -0.137. The molecule has 0 unspecified atom stereocenters. The maximum absolute atomic E-state index is 10.3. The summed E-state index contributed by atoms with van der Waals surface area (Å²) in [4.78, 5) is 10.3. The van der Waals surface area contributed by atoms with E-state index in [1.54, 1.807) is 0 Å². The van der Waals surface area contributed by atoms with Gasteiger partial charge in [0.1, 0.15) is 0 Å². The first kappa shape index (κ1) is 18.4.